The summed E-state index contributed by atoms with van der Waals surface area (Å²) in [5, 5.41) is 15.3. The van der Waals surface area contributed by atoms with Crippen molar-refractivity contribution in [3.8, 4) is 0 Å². The predicted octanol–water partition coefficient (Wildman–Crippen LogP) is 4.93. The molecule has 0 aliphatic carbocycles. The monoisotopic (exact) mass is 391 g/mol. The molecule has 0 heterocycles. The molecule has 2 nitrogen and oxygen atoms in total. The molecule has 0 saturated heterocycles. The van der Waals surface area contributed by atoms with Crippen molar-refractivity contribution >= 4 is 24.0 Å². The molecule has 0 aliphatic heterocycles. The van der Waals surface area contributed by atoms with Crippen LogP contribution in [0.25, 0.3) is 0 Å². The minimum atomic E-state index is -1.26. The average molecular weight is 392 g/mol. The van der Waals surface area contributed by atoms with Crippen molar-refractivity contribution in [3.63, 3.8) is 0 Å². The number of hydrogen-bond acceptors (Lipinski definition) is 2. The van der Waals surface area contributed by atoms with Gasteiger partial charge in [-0.2, -0.15) is 0 Å². The van der Waals surface area contributed by atoms with E-state index in [2.05, 4.69) is 5.32 Å². The van der Waals surface area contributed by atoms with Gasteiger partial charge in [-0.25, -0.2) is 4.39 Å². The Balaban J connectivity index is 0.00000243. The lowest BCUT2D eigenvalue weighted by molar-refractivity contribution is 0.0795. The van der Waals surface area contributed by atoms with Crippen LogP contribution in [0, 0.1) is 5.82 Å². The molecule has 136 valence electrons. The SMILES string of the molecule is Cl.OC(CNCc1cccc(Cl)c1)(c1ccccc1)c1ccc(F)cc1. The van der Waals surface area contributed by atoms with Crippen LogP contribution in [0.1, 0.15) is 16.7 Å². The van der Waals surface area contributed by atoms with Crippen molar-refractivity contribution in [2.45, 2.75) is 12.1 Å². The highest BCUT2D eigenvalue weighted by Gasteiger charge is 2.31. The van der Waals surface area contributed by atoms with Crippen molar-refractivity contribution in [2.24, 2.45) is 0 Å². The molecular weight excluding hydrogens is 372 g/mol. The molecule has 0 aromatic heterocycles. The molecule has 5 heteroatoms. The van der Waals surface area contributed by atoms with E-state index >= 15 is 0 Å². The van der Waals surface area contributed by atoms with Crippen LogP contribution in [0.2, 0.25) is 5.02 Å². The van der Waals surface area contributed by atoms with Crippen molar-refractivity contribution in [2.75, 3.05) is 6.54 Å². The van der Waals surface area contributed by atoms with E-state index in [0.29, 0.717) is 17.1 Å². The Morgan fingerprint density at radius 2 is 1.54 bits per heavy atom. The first-order valence-corrected chi connectivity index (χ1v) is 8.45. The van der Waals surface area contributed by atoms with E-state index in [1.54, 1.807) is 12.1 Å². The maximum atomic E-state index is 13.3. The zero-order valence-electron chi connectivity index (χ0n) is 14.0. The molecule has 0 saturated carbocycles. The van der Waals surface area contributed by atoms with Gasteiger partial charge in [0.05, 0.1) is 0 Å². The van der Waals surface area contributed by atoms with Gasteiger partial charge in [0.15, 0.2) is 0 Å². The minimum Gasteiger partial charge on any atom is -0.379 e. The first kappa shape index (κ1) is 20.4. The summed E-state index contributed by atoms with van der Waals surface area (Å²) in [5.74, 6) is -0.328. The molecule has 0 bridgehead atoms. The molecule has 1 atom stereocenters. The number of halogens is 3. The maximum Gasteiger partial charge on any atom is 0.127 e. The van der Waals surface area contributed by atoms with Gasteiger partial charge < -0.3 is 10.4 Å². The molecule has 3 aromatic carbocycles. The largest absolute Gasteiger partial charge is 0.379 e. The quantitative estimate of drug-likeness (QED) is 0.624. The highest BCUT2D eigenvalue weighted by atomic mass is 35.5. The Hall–Kier alpha value is -1.91. The minimum absolute atomic E-state index is 0. The van der Waals surface area contributed by atoms with Crippen LogP contribution >= 0.6 is 24.0 Å². The van der Waals surface area contributed by atoms with Crippen LogP contribution in [0.4, 0.5) is 4.39 Å². The van der Waals surface area contributed by atoms with E-state index in [1.165, 1.54) is 12.1 Å². The molecule has 2 N–H and O–H groups in total. The summed E-state index contributed by atoms with van der Waals surface area (Å²) in [7, 11) is 0. The smallest absolute Gasteiger partial charge is 0.127 e. The lowest BCUT2D eigenvalue weighted by Gasteiger charge is -2.30. The molecule has 0 aliphatic rings. The lowest BCUT2D eigenvalue weighted by Crippen LogP contribution is -2.39. The Kier molecular flexibility index (Phi) is 7.18. The third-order valence-corrected chi connectivity index (χ3v) is 4.41. The zero-order chi connectivity index (χ0) is 17.7. The lowest BCUT2D eigenvalue weighted by atomic mass is 9.86. The Labute approximate surface area is 164 Å². The number of nitrogens with one attached hydrogen (secondary N) is 1. The molecule has 3 aromatic rings. The molecule has 0 fully saturated rings. The number of hydrogen-bond donors (Lipinski definition) is 2. The summed E-state index contributed by atoms with van der Waals surface area (Å²) in [6, 6.07) is 22.9. The normalized spacial score (nSPS) is 12.9. The van der Waals surface area contributed by atoms with E-state index < -0.39 is 5.60 Å². The summed E-state index contributed by atoms with van der Waals surface area (Å²) in [6.07, 6.45) is 0. The second kappa shape index (κ2) is 9.15. The summed E-state index contributed by atoms with van der Waals surface area (Å²) >= 11 is 6.01. The van der Waals surface area contributed by atoms with Crippen molar-refractivity contribution < 1.29 is 9.50 Å². The first-order chi connectivity index (χ1) is 12.1. The van der Waals surface area contributed by atoms with Crippen molar-refractivity contribution in [3.05, 3.63) is 106 Å². The number of aliphatic hydroxyl groups is 1. The maximum absolute atomic E-state index is 13.3. The average Bonchev–Trinajstić information content (AvgIpc) is 2.63. The number of rotatable bonds is 6. The highest BCUT2D eigenvalue weighted by Crippen LogP contribution is 2.29. The fourth-order valence-corrected chi connectivity index (χ4v) is 3.06. The zero-order valence-corrected chi connectivity index (χ0v) is 15.6. The molecular formula is C21H20Cl2FNO. The first-order valence-electron chi connectivity index (χ1n) is 8.07. The van der Waals surface area contributed by atoms with Crippen LogP contribution < -0.4 is 5.32 Å². The fourth-order valence-electron chi connectivity index (χ4n) is 2.84. The molecule has 0 spiro atoms. The van der Waals surface area contributed by atoms with Gasteiger partial charge in [-0.15, -0.1) is 12.4 Å². The Morgan fingerprint density at radius 1 is 0.885 bits per heavy atom. The van der Waals surface area contributed by atoms with E-state index in [0.717, 1.165) is 11.1 Å². The van der Waals surface area contributed by atoms with Crippen LogP contribution in [-0.2, 0) is 12.1 Å². The van der Waals surface area contributed by atoms with Gasteiger partial charge in [0.25, 0.3) is 0 Å². The van der Waals surface area contributed by atoms with Gasteiger partial charge in [-0.3, -0.25) is 0 Å². The summed E-state index contributed by atoms with van der Waals surface area (Å²) in [6.45, 7) is 0.853. The van der Waals surface area contributed by atoms with Crippen LogP contribution in [0.5, 0.6) is 0 Å². The fraction of sp³-hybridized carbons (Fsp3) is 0.143. The highest BCUT2D eigenvalue weighted by molar-refractivity contribution is 6.30. The Morgan fingerprint density at radius 3 is 2.19 bits per heavy atom. The van der Waals surface area contributed by atoms with Gasteiger partial charge in [-0.1, -0.05) is 66.2 Å². The Bertz CT molecular complexity index is 827. The van der Waals surface area contributed by atoms with Crippen LogP contribution in [-0.4, -0.2) is 11.7 Å². The molecule has 0 radical (unpaired) electrons. The topological polar surface area (TPSA) is 32.3 Å². The predicted molar refractivity (Wildman–Crippen MR) is 106 cm³/mol. The molecule has 3 rings (SSSR count). The van der Waals surface area contributed by atoms with Gasteiger partial charge >= 0.3 is 0 Å². The van der Waals surface area contributed by atoms with Crippen molar-refractivity contribution in [1.29, 1.82) is 0 Å². The third kappa shape index (κ3) is 4.83. The molecule has 0 amide bonds. The van der Waals surface area contributed by atoms with Gasteiger partial charge in [0.1, 0.15) is 11.4 Å². The van der Waals surface area contributed by atoms with Crippen LogP contribution in [0.3, 0.4) is 0 Å². The van der Waals surface area contributed by atoms with E-state index in [1.807, 2.05) is 54.6 Å². The summed E-state index contributed by atoms with van der Waals surface area (Å²) < 4.78 is 13.3. The second-order valence-corrected chi connectivity index (χ2v) is 6.40. The second-order valence-electron chi connectivity index (χ2n) is 5.97. The van der Waals surface area contributed by atoms with Gasteiger partial charge in [-0.05, 0) is 41.0 Å². The van der Waals surface area contributed by atoms with Gasteiger partial charge in [0.2, 0.25) is 0 Å². The van der Waals surface area contributed by atoms with E-state index in [9.17, 15) is 9.50 Å². The van der Waals surface area contributed by atoms with Crippen LogP contribution in [0.15, 0.2) is 78.9 Å². The summed E-state index contributed by atoms with van der Waals surface area (Å²) in [4.78, 5) is 0. The van der Waals surface area contributed by atoms with Gasteiger partial charge in [0, 0.05) is 18.1 Å². The molecule has 26 heavy (non-hydrogen) atoms. The summed E-state index contributed by atoms with van der Waals surface area (Å²) in [5.41, 5.74) is 1.16. The standard InChI is InChI=1S/C21H19ClFNO.ClH/c22-19-8-4-5-16(13-19)14-24-15-21(25,17-6-2-1-3-7-17)18-9-11-20(23)12-10-18;/h1-13,24-25H,14-15H2;1H. The van der Waals surface area contributed by atoms with E-state index in [-0.39, 0.29) is 24.8 Å². The third-order valence-electron chi connectivity index (χ3n) is 4.17. The van der Waals surface area contributed by atoms with E-state index in [4.69, 9.17) is 11.6 Å². The molecule has 1 unspecified atom stereocenters. The van der Waals surface area contributed by atoms with Crippen molar-refractivity contribution in [1.82, 2.24) is 5.32 Å². The number of benzene rings is 3.